The molecular weight excluding hydrogens is 269 g/mol. The van der Waals surface area contributed by atoms with Crippen LogP contribution in [0.15, 0.2) is 12.3 Å². The van der Waals surface area contributed by atoms with Gasteiger partial charge in [0.25, 0.3) is 0 Å². The number of pyridine rings is 1. The van der Waals surface area contributed by atoms with Crippen molar-refractivity contribution >= 4 is 17.6 Å². The number of esters is 1. The van der Waals surface area contributed by atoms with Gasteiger partial charge in [-0.3, -0.25) is 0 Å². The molecular formula is C14H17ClFNO2. The summed E-state index contributed by atoms with van der Waals surface area (Å²) in [7, 11) is 0. The molecule has 1 aromatic heterocycles. The van der Waals surface area contributed by atoms with Crippen molar-refractivity contribution in [1.82, 2.24) is 4.98 Å². The molecule has 0 saturated heterocycles. The van der Waals surface area contributed by atoms with Crippen molar-refractivity contribution < 1.29 is 13.9 Å². The van der Waals surface area contributed by atoms with Crippen LogP contribution in [0.5, 0.6) is 0 Å². The summed E-state index contributed by atoms with van der Waals surface area (Å²) >= 11 is 5.76. The second-order valence-electron chi connectivity index (χ2n) is 5.23. The fraction of sp³-hybridized carbons (Fsp3) is 0.571. The molecule has 104 valence electrons. The summed E-state index contributed by atoms with van der Waals surface area (Å²) in [4.78, 5) is 15.4. The maximum Gasteiger partial charge on any atom is 0.341 e. The van der Waals surface area contributed by atoms with Crippen molar-refractivity contribution in [2.24, 2.45) is 11.8 Å². The van der Waals surface area contributed by atoms with E-state index < -0.39 is 11.8 Å². The van der Waals surface area contributed by atoms with Gasteiger partial charge in [0.15, 0.2) is 0 Å². The van der Waals surface area contributed by atoms with E-state index in [2.05, 4.69) is 11.9 Å². The first-order valence-electron chi connectivity index (χ1n) is 6.54. The smallest absolute Gasteiger partial charge is 0.341 e. The highest BCUT2D eigenvalue weighted by molar-refractivity contribution is 6.32. The molecule has 0 aromatic carbocycles. The molecule has 5 heteroatoms. The minimum absolute atomic E-state index is 0.00877. The van der Waals surface area contributed by atoms with Crippen LogP contribution in [0.4, 0.5) is 4.39 Å². The fourth-order valence-electron chi connectivity index (χ4n) is 2.55. The lowest BCUT2D eigenvalue weighted by Crippen LogP contribution is -2.20. The Hall–Kier alpha value is -1.16. The molecule has 1 saturated carbocycles. The third kappa shape index (κ3) is 3.90. The van der Waals surface area contributed by atoms with Crippen LogP contribution in [0.3, 0.4) is 0 Å². The largest absolute Gasteiger partial charge is 0.462 e. The number of nitrogens with zero attached hydrogens (tertiary/aromatic N) is 1. The first kappa shape index (κ1) is 14.3. The molecule has 19 heavy (non-hydrogen) atoms. The minimum atomic E-state index is -0.602. The van der Waals surface area contributed by atoms with Crippen LogP contribution < -0.4 is 0 Å². The van der Waals surface area contributed by atoms with Crippen molar-refractivity contribution in [1.29, 1.82) is 0 Å². The van der Waals surface area contributed by atoms with Gasteiger partial charge in [0.1, 0.15) is 11.0 Å². The van der Waals surface area contributed by atoms with E-state index in [0.717, 1.165) is 25.1 Å². The Labute approximate surface area is 117 Å². The zero-order valence-electron chi connectivity index (χ0n) is 10.9. The Balaban J connectivity index is 1.92. The second kappa shape index (κ2) is 6.33. The quantitative estimate of drug-likeness (QED) is 0.625. The molecule has 2 rings (SSSR count). The highest BCUT2D eigenvalue weighted by atomic mass is 35.5. The molecule has 1 heterocycles. The van der Waals surface area contributed by atoms with E-state index in [-0.39, 0.29) is 10.7 Å². The standard InChI is InChI=1S/C14H17ClFNO2/c1-9-3-2-4-10(5-9)8-19-14(18)12-6-11(16)7-17-13(12)15/h6-7,9-10H,2-5,8H2,1H3. The van der Waals surface area contributed by atoms with E-state index in [9.17, 15) is 9.18 Å². The minimum Gasteiger partial charge on any atom is -0.462 e. The van der Waals surface area contributed by atoms with E-state index in [1.54, 1.807) is 0 Å². The van der Waals surface area contributed by atoms with E-state index in [4.69, 9.17) is 16.3 Å². The third-order valence-corrected chi connectivity index (χ3v) is 3.82. The molecule has 0 amide bonds. The van der Waals surface area contributed by atoms with Crippen molar-refractivity contribution in [3.05, 3.63) is 28.8 Å². The predicted molar refractivity (Wildman–Crippen MR) is 70.6 cm³/mol. The van der Waals surface area contributed by atoms with Crippen LogP contribution in [0.25, 0.3) is 0 Å². The fourth-order valence-corrected chi connectivity index (χ4v) is 2.73. The monoisotopic (exact) mass is 285 g/mol. The molecule has 0 bridgehead atoms. The number of carbonyl (C=O) groups is 1. The molecule has 0 aliphatic heterocycles. The summed E-state index contributed by atoms with van der Waals surface area (Å²) in [6, 6.07) is 1.06. The van der Waals surface area contributed by atoms with Gasteiger partial charge in [0.05, 0.1) is 18.4 Å². The van der Waals surface area contributed by atoms with Crippen LogP contribution in [-0.4, -0.2) is 17.6 Å². The number of hydrogen-bond acceptors (Lipinski definition) is 3. The summed E-state index contributed by atoms with van der Waals surface area (Å²) in [5, 5.41) is -0.0246. The van der Waals surface area contributed by atoms with Gasteiger partial charge < -0.3 is 4.74 Å². The Morgan fingerprint density at radius 2 is 2.37 bits per heavy atom. The van der Waals surface area contributed by atoms with Gasteiger partial charge in [0, 0.05) is 0 Å². The second-order valence-corrected chi connectivity index (χ2v) is 5.59. The van der Waals surface area contributed by atoms with E-state index in [1.165, 1.54) is 12.8 Å². The maximum absolute atomic E-state index is 13.0. The van der Waals surface area contributed by atoms with Crippen LogP contribution >= 0.6 is 11.6 Å². The lowest BCUT2D eigenvalue weighted by Gasteiger charge is -2.26. The van der Waals surface area contributed by atoms with Gasteiger partial charge in [0.2, 0.25) is 0 Å². The van der Waals surface area contributed by atoms with Crippen LogP contribution in [0.2, 0.25) is 5.15 Å². The van der Waals surface area contributed by atoms with Gasteiger partial charge in [-0.25, -0.2) is 14.2 Å². The lowest BCUT2D eigenvalue weighted by atomic mass is 9.83. The average molecular weight is 286 g/mol. The van der Waals surface area contributed by atoms with Gasteiger partial charge in [-0.1, -0.05) is 31.4 Å². The summed E-state index contributed by atoms with van der Waals surface area (Å²) in [5.41, 5.74) is -0.00877. The number of carbonyl (C=O) groups excluding carboxylic acids is 1. The summed E-state index contributed by atoms with van der Waals surface area (Å²) in [6.45, 7) is 2.58. The average Bonchev–Trinajstić information content (AvgIpc) is 2.39. The highest BCUT2D eigenvalue weighted by Gasteiger charge is 2.21. The topological polar surface area (TPSA) is 39.2 Å². The van der Waals surface area contributed by atoms with Crippen molar-refractivity contribution in [3.63, 3.8) is 0 Å². The SMILES string of the molecule is CC1CCCC(COC(=O)c2cc(F)cnc2Cl)C1. The Morgan fingerprint density at radius 3 is 3.11 bits per heavy atom. The Morgan fingerprint density at radius 1 is 1.58 bits per heavy atom. The molecule has 2 unspecified atom stereocenters. The predicted octanol–water partition coefficient (Wildman–Crippen LogP) is 3.86. The van der Waals surface area contributed by atoms with Gasteiger partial charge in [-0.15, -0.1) is 0 Å². The zero-order valence-corrected chi connectivity index (χ0v) is 11.6. The molecule has 1 aliphatic carbocycles. The normalized spacial score (nSPS) is 23.1. The Kier molecular flexibility index (Phi) is 4.75. The first-order chi connectivity index (χ1) is 9.06. The van der Waals surface area contributed by atoms with E-state index >= 15 is 0 Å². The van der Waals surface area contributed by atoms with Crippen LogP contribution in [0, 0.1) is 17.7 Å². The van der Waals surface area contributed by atoms with E-state index in [1.807, 2.05) is 0 Å². The molecule has 2 atom stereocenters. The molecule has 1 aromatic rings. The maximum atomic E-state index is 13.0. The number of ether oxygens (including phenoxy) is 1. The number of halogens is 2. The Bertz CT molecular complexity index is 467. The first-order valence-corrected chi connectivity index (χ1v) is 6.92. The van der Waals surface area contributed by atoms with Crippen LogP contribution in [-0.2, 0) is 4.74 Å². The molecule has 1 aliphatic rings. The lowest BCUT2D eigenvalue weighted by molar-refractivity contribution is 0.0390. The number of rotatable bonds is 3. The van der Waals surface area contributed by atoms with E-state index in [0.29, 0.717) is 18.4 Å². The van der Waals surface area contributed by atoms with Crippen molar-refractivity contribution in [2.45, 2.75) is 32.6 Å². The number of hydrogen-bond donors (Lipinski definition) is 0. The highest BCUT2D eigenvalue weighted by Crippen LogP contribution is 2.29. The van der Waals surface area contributed by atoms with Gasteiger partial charge >= 0.3 is 5.97 Å². The third-order valence-electron chi connectivity index (χ3n) is 3.52. The molecule has 1 fully saturated rings. The summed E-state index contributed by atoms with van der Waals surface area (Å²) < 4.78 is 18.2. The van der Waals surface area contributed by atoms with Crippen LogP contribution in [0.1, 0.15) is 43.0 Å². The van der Waals surface area contributed by atoms with Crippen molar-refractivity contribution in [3.8, 4) is 0 Å². The van der Waals surface area contributed by atoms with Gasteiger partial charge in [-0.2, -0.15) is 0 Å². The summed E-state index contributed by atoms with van der Waals surface area (Å²) in [6.07, 6.45) is 5.53. The molecule has 0 radical (unpaired) electrons. The number of aromatic nitrogens is 1. The molecule has 0 N–H and O–H groups in total. The molecule has 3 nitrogen and oxygen atoms in total. The summed E-state index contributed by atoms with van der Waals surface area (Å²) in [5.74, 6) is -0.122. The molecule has 0 spiro atoms. The zero-order chi connectivity index (χ0) is 13.8. The van der Waals surface area contributed by atoms with Gasteiger partial charge in [-0.05, 0) is 30.7 Å². The van der Waals surface area contributed by atoms with Crippen molar-refractivity contribution in [2.75, 3.05) is 6.61 Å².